The molecule has 0 spiro atoms. The molecule has 6 nitrogen and oxygen atoms in total. The molecule has 1 N–H and O–H groups in total. The monoisotopic (exact) mass is 400 g/mol. The molecule has 1 aliphatic heterocycles. The Kier molecular flexibility index (Phi) is 6.84. The molecule has 1 fully saturated rings. The predicted molar refractivity (Wildman–Crippen MR) is 94.5 cm³/mol. The number of rotatable bonds is 3. The van der Waals surface area contributed by atoms with Gasteiger partial charge in [-0.3, -0.25) is 4.99 Å². The summed E-state index contributed by atoms with van der Waals surface area (Å²) in [6, 6.07) is 4.98. The summed E-state index contributed by atoms with van der Waals surface area (Å²) in [5.41, 5.74) is 0.574. The predicted octanol–water partition coefficient (Wildman–Crippen LogP) is 2.44. The van der Waals surface area contributed by atoms with Crippen molar-refractivity contribution in [2.45, 2.75) is 13.5 Å². The molecule has 1 aromatic rings. The van der Waals surface area contributed by atoms with Crippen molar-refractivity contribution >= 4 is 28.0 Å². The van der Waals surface area contributed by atoms with Crippen molar-refractivity contribution in [3.63, 3.8) is 0 Å². The molecule has 24 heavy (non-hydrogen) atoms. The number of carbonyl (C=O) groups is 1. The first-order valence-electron chi connectivity index (χ1n) is 7.86. The fraction of sp³-hybridized carbons (Fsp3) is 0.500. The molecular weight excluding hydrogens is 379 g/mol. The van der Waals surface area contributed by atoms with Crippen LogP contribution in [0.1, 0.15) is 12.5 Å². The zero-order chi connectivity index (χ0) is 17.5. The molecule has 1 aromatic carbocycles. The first kappa shape index (κ1) is 18.5. The Morgan fingerprint density at radius 3 is 2.58 bits per heavy atom. The van der Waals surface area contributed by atoms with Crippen LogP contribution in [0.4, 0.5) is 9.18 Å². The van der Waals surface area contributed by atoms with Crippen LogP contribution in [-0.2, 0) is 11.3 Å². The molecule has 2 rings (SSSR count). The van der Waals surface area contributed by atoms with Crippen LogP contribution in [-0.4, -0.2) is 61.7 Å². The fourth-order valence-electron chi connectivity index (χ4n) is 2.49. The molecule has 1 amide bonds. The first-order valence-corrected chi connectivity index (χ1v) is 8.65. The van der Waals surface area contributed by atoms with E-state index in [1.54, 1.807) is 31.0 Å². The molecule has 0 atom stereocenters. The van der Waals surface area contributed by atoms with Crippen LogP contribution in [0.2, 0.25) is 0 Å². The minimum atomic E-state index is -0.281. The zero-order valence-electron chi connectivity index (χ0n) is 13.9. The second-order valence-electron chi connectivity index (χ2n) is 5.31. The third-order valence-corrected chi connectivity index (χ3v) is 4.26. The molecule has 0 aliphatic carbocycles. The number of guanidine groups is 1. The van der Waals surface area contributed by atoms with Gasteiger partial charge in [0.1, 0.15) is 5.82 Å². The van der Waals surface area contributed by atoms with Crippen LogP contribution in [0, 0.1) is 5.82 Å². The number of hydrogen-bond acceptors (Lipinski definition) is 3. The lowest BCUT2D eigenvalue weighted by Gasteiger charge is -2.35. The van der Waals surface area contributed by atoms with Crippen molar-refractivity contribution < 1.29 is 13.9 Å². The van der Waals surface area contributed by atoms with Crippen molar-refractivity contribution in [2.24, 2.45) is 4.99 Å². The maximum absolute atomic E-state index is 13.9. The van der Waals surface area contributed by atoms with Crippen LogP contribution >= 0.6 is 15.9 Å². The summed E-state index contributed by atoms with van der Waals surface area (Å²) in [6.45, 7) is 4.98. The number of carbonyl (C=O) groups excluding carboxylic acids is 1. The van der Waals surface area contributed by atoms with Crippen molar-refractivity contribution in [1.29, 1.82) is 0 Å². The first-order chi connectivity index (χ1) is 11.5. The summed E-state index contributed by atoms with van der Waals surface area (Å²) in [6.07, 6.45) is -0.281. The quantitative estimate of drug-likeness (QED) is 0.625. The number of nitrogens with zero attached hydrogens (tertiary/aromatic N) is 3. The van der Waals surface area contributed by atoms with Gasteiger partial charge in [0.05, 0.1) is 6.61 Å². The standard InChI is InChI=1S/C16H22BrFN4O2/c1-3-24-16(23)22-8-6-21(7-9-22)15(19-2)20-11-12-4-5-13(17)10-14(12)18/h4-5,10H,3,6-9,11H2,1-2H3,(H,19,20). The third-order valence-electron chi connectivity index (χ3n) is 3.77. The molecule has 1 heterocycles. The summed E-state index contributed by atoms with van der Waals surface area (Å²) in [7, 11) is 1.69. The van der Waals surface area contributed by atoms with E-state index < -0.39 is 0 Å². The number of aliphatic imine (C=N–C) groups is 1. The van der Waals surface area contributed by atoms with Crippen LogP contribution in [0.3, 0.4) is 0 Å². The molecule has 0 saturated carbocycles. The van der Waals surface area contributed by atoms with E-state index in [-0.39, 0.29) is 11.9 Å². The van der Waals surface area contributed by atoms with E-state index in [4.69, 9.17) is 4.74 Å². The number of benzene rings is 1. The number of piperazine rings is 1. The number of nitrogens with one attached hydrogen (secondary N) is 1. The van der Waals surface area contributed by atoms with Crippen LogP contribution in [0.5, 0.6) is 0 Å². The lowest BCUT2D eigenvalue weighted by atomic mass is 10.2. The van der Waals surface area contributed by atoms with E-state index in [2.05, 4.69) is 26.2 Å². The Hall–Kier alpha value is -1.83. The molecule has 0 unspecified atom stereocenters. The van der Waals surface area contributed by atoms with Gasteiger partial charge in [-0.05, 0) is 19.1 Å². The van der Waals surface area contributed by atoms with E-state index in [1.807, 2.05) is 4.90 Å². The molecule has 8 heteroatoms. The van der Waals surface area contributed by atoms with Gasteiger partial charge >= 0.3 is 6.09 Å². The topological polar surface area (TPSA) is 57.2 Å². The normalized spacial score (nSPS) is 15.4. The molecular formula is C16H22BrFN4O2. The zero-order valence-corrected chi connectivity index (χ0v) is 15.5. The van der Waals surface area contributed by atoms with Crippen LogP contribution < -0.4 is 5.32 Å². The number of hydrogen-bond donors (Lipinski definition) is 1. The minimum Gasteiger partial charge on any atom is -0.450 e. The highest BCUT2D eigenvalue weighted by atomic mass is 79.9. The Balaban J connectivity index is 1.88. The van der Waals surface area contributed by atoms with Gasteiger partial charge in [0.25, 0.3) is 0 Å². The minimum absolute atomic E-state index is 0.264. The number of ether oxygens (including phenoxy) is 1. The summed E-state index contributed by atoms with van der Waals surface area (Å²) < 4.78 is 19.6. The van der Waals surface area contributed by atoms with Crippen molar-refractivity contribution in [2.75, 3.05) is 39.8 Å². The van der Waals surface area contributed by atoms with Gasteiger partial charge in [-0.1, -0.05) is 22.0 Å². The molecule has 1 saturated heterocycles. The maximum atomic E-state index is 13.9. The van der Waals surface area contributed by atoms with Gasteiger partial charge in [-0.2, -0.15) is 0 Å². The maximum Gasteiger partial charge on any atom is 0.409 e. The number of halogens is 2. The van der Waals surface area contributed by atoms with Crippen LogP contribution in [0.15, 0.2) is 27.7 Å². The summed E-state index contributed by atoms with van der Waals surface area (Å²) in [4.78, 5) is 19.7. The Morgan fingerprint density at radius 2 is 2.00 bits per heavy atom. The van der Waals surface area contributed by atoms with E-state index in [0.717, 1.165) is 0 Å². The highest BCUT2D eigenvalue weighted by molar-refractivity contribution is 9.10. The van der Waals surface area contributed by atoms with Gasteiger partial charge < -0.3 is 19.9 Å². The molecule has 0 bridgehead atoms. The number of amides is 1. The summed E-state index contributed by atoms with van der Waals surface area (Å²) in [5.74, 6) is 0.431. The van der Waals surface area contributed by atoms with E-state index in [1.165, 1.54) is 6.07 Å². The average molecular weight is 401 g/mol. The average Bonchev–Trinajstić information content (AvgIpc) is 2.58. The van der Waals surface area contributed by atoms with Crippen molar-refractivity contribution in [3.05, 3.63) is 34.1 Å². The lowest BCUT2D eigenvalue weighted by molar-refractivity contribution is 0.0914. The largest absolute Gasteiger partial charge is 0.450 e. The smallest absolute Gasteiger partial charge is 0.409 e. The Bertz CT molecular complexity index is 604. The van der Waals surface area contributed by atoms with E-state index in [9.17, 15) is 9.18 Å². The van der Waals surface area contributed by atoms with E-state index in [0.29, 0.717) is 55.3 Å². The van der Waals surface area contributed by atoms with Gasteiger partial charge in [-0.25, -0.2) is 9.18 Å². The van der Waals surface area contributed by atoms with Gasteiger partial charge in [0.15, 0.2) is 5.96 Å². The van der Waals surface area contributed by atoms with Crippen molar-refractivity contribution in [1.82, 2.24) is 15.1 Å². The fourth-order valence-corrected chi connectivity index (χ4v) is 2.82. The Morgan fingerprint density at radius 1 is 1.33 bits per heavy atom. The highest BCUT2D eigenvalue weighted by Gasteiger charge is 2.23. The molecule has 0 aromatic heterocycles. The van der Waals surface area contributed by atoms with Gasteiger partial charge in [-0.15, -0.1) is 0 Å². The summed E-state index contributed by atoms with van der Waals surface area (Å²) in [5, 5.41) is 3.17. The molecule has 1 aliphatic rings. The lowest BCUT2D eigenvalue weighted by Crippen LogP contribution is -2.53. The second-order valence-corrected chi connectivity index (χ2v) is 6.23. The summed E-state index contributed by atoms with van der Waals surface area (Å²) >= 11 is 3.25. The van der Waals surface area contributed by atoms with Crippen LogP contribution in [0.25, 0.3) is 0 Å². The highest BCUT2D eigenvalue weighted by Crippen LogP contribution is 2.15. The van der Waals surface area contributed by atoms with Gasteiger partial charge in [0.2, 0.25) is 0 Å². The Labute approximate surface area is 149 Å². The second kappa shape index (κ2) is 8.86. The van der Waals surface area contributed by atoms with Gasteiger partial charge in [0, 0.05) is 49.8 Å². The molecule has 0 radical (unpaired) electrons. The third kappa shape index (κ3) is 4.83. The molecule has 132 valence electrons. The van der Waals surface area contributed by atoms with Crippen molar-refractivity contribution in [3.8, 4) is 0 Å². The van der Waals surface area contributed by atoms with E-state index >= 15 is 0 Å². The SMILES string of the molecule is CCOC(=O)N1CCN(C(=NC)NCc2ccc(Br)cc2F)CC1.